The van der Waals surface area contributed by atoms with E-state index >= 15 is 0 Å². The highest BCUT2D eigenvalue weighted by atomic mass is 35.5. The first-order valence-corrected chi connectivity index (χ1v) is 9.00. The fourth-order valence-corrected chi connectivity index (χ4v) is 4.31. The first-order valence-electron chi connectivity index (χ1n) is 6.38. The zero-order valence-electron chi connectivity index (χ0n) is 11.8. The van der Waals surface area contributed by atoms with Gasteiger partial charge in [0.15, 0.2) is 0 Å². The molecular weight excluding hydrogens is 402 g/mol. The number of nitrogens with one attached hydrogen (secondary N) is 2. The van der Waals surface area contributed by atoms with Crippen molar-refractivity contribution in [1.82, 2.24) is 4.72 Å². The predicted molar refractivity (Wildman–Crippen MR) is 91.7 cm³/mol. The van der Waals surface area contributed by atoms with Crippen LogP contribution in [0.3, 0.4) is 0 Å². The zero-order valence-corrected chi connectivity index (χ0v) is 14.9. The SMILES string of the molecule is O=C(CNS(=O)(=O)c1c(Cl)cc(Cl)cc1Cl)Nc1cccc(F)c1. The number of carbonyl (C=O) groups is 1. The Kier molecular flexibility index (Phi) is 6.06. The molecule has 24 heavy (non-hydrogen) atoms. The number of hydrogen-bond acceptors (Lipinski definition) is 3. The molecule has 5 nitrogen and oxygen atoms in total. The summed E-state index contributed by atoms with van der Waals surface area (Å²) >= 11 is 17.4. The van der Waals surface area contributed by atoms with Crippen molar-refractivity contribution in [2.45, 2.75) is 4.90 Å². The van der Waals surface area contributed by atoms with Gasteiger partial charge in [0, 0.05) is 10.7 Å². The van der Waals surface area contributed by atoms with Crippen LogP contribution in [-0.4, -0.2) is 20.9 Å². The Labute approximate surface area is 152 Å². The van der Waals surface area contributed by atoms with Gasteiger partial charge in [-0.15, -0.1) is 0 Å². The summed E-state index contributed by atoms with van der Waals surface area (Å²) in [6.45, 7) is -0.589. The molecule has 0 aliphatic rings. The average Bonchev–Trinajstić information content (AvgIpc) is 2.44. The van der Waals surface area contributed by atoms with Crippen LogP contribution in [0.15, 0.2) is 41.3 Å². The van der Waals surface area contributed by atoms with Gasteiger partial charge in [-0.25, -0.2) is 17.5 Å². The number of benzene rings is 2. The van der Waals surface area contributed by atoms with E-state index in [2.05, 4.69) is 10.0 Å². The van der Waals surface area contributed by atoms with Crippen LogP contribution < -0.4 is 10.0 Å². The molecule has 0 aliphatic heterocycles. The van der Waals surface area contributed by atoms with Gasteiger partial charge in [-0.3, -0.25) is 4.79 Å². The second-order valence-electron chi connectivity index (χ2n) is 4.58. The fraction of sp³-hybridized carbons (Fsp3) is 0.0714. The van der Waals surface area contributed by atoms with E-state index < -0.39 is 28.3 Å². The predicted octanol–water partition coefficient (Wildman–Crippen LogP) is 3.70. The Hall–Kier alpha value is -1.38. The second-order valence-corrected chi connectivity index (χ2v) is 7.54. The molecule has 0 bridgehead atoms. The number of amides is 1. The number of halogens is 4. The van der Waals surface area contributed by atoms with E-state index in [9.17, 15) is 17.6 Å². The molecule has 0 aliphatic carbocycles. The molecule has 0 saturated heterocycles. The molecular formula is C14H10Cl3FN2O3S. The second kappa shape index (κ2) is 7.67. The Balaban J connectivity index is 2.09. The molecule has 0 atom stereocenters. The number of sulfonamides is 1. The van der Waals surface area contributed by atoms with Crippen molar-refractivity contribution in [1.29, 1.82) is 0 Å². The summed E-state index contributed by atoms with van der Waals surface area (Å²) < 4.78 is 39.6. The topological polar surface area (TPSA) is 75.3 Å². The van der Waals surface area contributed by atoms with Crippen molar-refractivity contribution < 1.29 is 17.6 Å². The monoisotopic (exact) mass is 410 g/mol. The highest BCUT2D eigenvalue weighted by molar-refractivity contribution is 7.89. The molecule has 1 amide bonds. The van der Waals surface area contributed by atoms with E-state index in [1.165, 1.54) is 30.3 Å². The highest BCUT2D eigenvalue weighted by Gasteiger charge is 2.23. The standard InChI is InChI=1S/C14H10Cl3FN2O3S/c15-8-4-11(16)14(12(17)5-8)24(22,23)19-7-13(21)20-10-3-1-2-9(18)6-10/h1-6,19H,7H2,(H,20,21). The van der Waals surface area contributed by atoms with Crippen molar-refractivity contribution in [2.75, 3.05) is 11.9 Å². The Morgan fingerprint density at radius 1 is 1.08 bits per heavy atom. The maximum atomic E-state index is 13.0. The largest absolute Gasteiger partial charge is 0.325 e. The maximum absolute atomic E-state index is 13.0. The smallest absolute Gasteiger partial charge is 0.244 e. The molecule has 2 rings (SSSR count). The zero-order chi connectivity index (χ0) is 17.9. The van der Waals surface area contributed by atoms with Crippen LogP contribution in [-0.2, 0) is 14.8 Å². The van der Waals surface area contributed by atoms with E-state index in [0.717, 1.165) is 6.07 Å². The molecule has 2 aromatic carbocycles. The first-order chi connectivity index (χ1) is 11.2. The summed E-state index contributed by atoms with van der Waals surface area (Å²) in [6, 6.07) is 7.61. The lowest BCUT2D eigenvalue weighted by Gasteiger charge is -2.11. The van der Waals surface area contributed by atoms with Crippen LogP contribution in [0.25, 0.3) is 0 Å². The van der Waals surface area contributed by atoms with Crippen LogP contribution in [0.4, 0.5) is 10.1 Å². The summed E-state index contributed by atoms with van der Waals surface area (Å²) in [6.07, 6.45) is 0. The van der Waals surface area contributed by atoms with Gasteiger partial charge < -0.3 is 5.32 Å². The van der Waals surface area contributed by atoms with Crippen molar-refractivity contribution in [3.05, 3.63) is 57.3 Å². The lowest BCUT2D eigenvalue weighted by molar-refractivity contribution is -0.115. The Morgan fingerprint density at radius 2 is 1.71 bits per heavy atom. The fourth-order valence-electron chi connectivity index (χ4n) is 1.79. The Morgan fingerprint density at radius 3 is 2.29 bits per heavy atom. The van der Waals surface area contributed by atoms with E-state index in [1.807, 2.05) is 0 Å². The lowest BCUT2D eigenvalue weighted by Crippen LogP contribution is -2.33. The van der Waals surface area contributed by atoms with Crippen molar-refractivity contribution >= 4 is 56.4 Å². The van der Waals surface area contributed by atoms with Gasteiger partial charge in [0.05, 0.1) is 16.6 Å². The van der Waals surface area contributed by atoms with Crippen LogP contribution >= 0.6 is 34.8 Å². The first kappa shape index (κ1) is 19.0. The third-order valence-corrected chi connectivity index (χ3v) is 5.30. The molecule has 0 heterocycles. The molecule has 0 unspecified atom stereocenters. The van der Waals surface area contributed by atoms with Crippen molar-refractivity contribution in [3.63, 3.8) is 0 Å². The van der Waals surface area contributed by atoms with Gasteiger partial charge in [0.1, 0.15) is 10.7 Å². The van der Waals surface area contributed by atoms with E-state index in [-0.39, 0.29) is 25.7 Å². The number of hydrogen-bond donors (Lipinski definition) is 2. The number of anilines is 1. The Bertz CT molecular complexity index is 868. The molecule has 2 aromatic rings. The average molecular weight is 412 g/mol. The molecule has 2 N–H and O–H groups in total. The summed E-state index contributed by atoms with van der Waals surface area (Å²) in [5.41, 5.74) is 0.196. The minimum absolute atomic E-state index is 0.174. The molecule has 10 heteroatoms. The third-order valence-electron chi connectivity index (χ3n) is 2.76. The summed E-state index contributed by atoms with van der Waals surface area (Å²) in [7, 11) is -4.14. The van der Waals surface area contributed by atoms with Gasteiger partial charge in [0.25, 0.3) is 0 Å². The molecule has 0 fully saturated rings. The molecule has 0 aromatic heterocycles. The molecule has 0 spiro atoms. The molecule has 128 valence electrons. The quantitative estimate of drug-likeness (QED) is 0.788. The lowest BCUT2D eigenvalue weighted by atomic mass is 10.3. The molecule has 0 saturated carbocycles. The van der Waals surface area contributed by atoms with Gasteiger partial charge >= 0.3 is 0 Å². The van der Waals surface area contributed by atoms with Crippen molar-refractivity contribution in [3.8, 4) is 0 Å². The summed E-state index contributed by atoms with van der Waals surface area (Å²) in [4.78, 5) is 11.4. The summed E-state index contributed by atoms with van der Waals surface area (Å²) in [5.74, 6) is -1.22. The third kappa shape index (κ3) is 4.81. The van der Waals surface area contributed by atoms with Crippen LogP contribution in [0.2, 0.25) is 15.1 Å². The van der Waals surface area contributed by atoms with Gasteiger partial charge in [-0.2, -0.15) is 0 Å². The van der Waals surface area contributed by atoms with Gasteiger partial charge in [0.2, 0.25) is 15.9 Å². The maximum Gasteiger partial charge on any atom is 0.244 e. The highest BCUT2D eigenvalue weighted by Crippen LogP contribution is 2.32. The van der Waals surface area contributed by atoms with Crippen LogP contribution in [0, 0.1) is 5.82 Å². The van der Waals surface area contributed by atoms with Gasteiger partial charge in [-0.05, 0) is 30.3 Å². The number of rotatable bonds is 5. The minimum Gasteiger partial charge on any atom is -0.325 e. The minimum atomic E-state index is -4.14. The van der Waals surface area contributed by atoms with Crippen LogP contribution in [0.1, 0.15) is 0 Å². The normalized spacial score (nSPS) is 11.3. The van der Waals surface area contributed by atoms with Crippen LogP contribution in [0.5, 0.6) is 0 Å². The van der Waals surface area contributed by atoms with Crippen molar-refractivity contribution in [2.24, 2.45) is 0 Å². The van der Waals surface area contributed by atoms with E-state index in [0.29, 0.717) is 0 Å². The molecule has 0 radical (unpaired) electrons. The van der Waals surface area contributed by atoms with Gasteiger partial charge in [-0.1, -0.05) is 40.9 Å². The van der Waals surface area contributed by atoms with E-state index in [1.54, 1.807) is 0 Å². The summed E-state index contributed by atoms with van der Waals surface area (Å²) in [5, 5.41) is 2.18. The van der Waals surface area contributed by atoms with E-state index in [4.69, 9.17) is 34.8 Å². The number of carbonyl (C=O) groups excluding carboxylic acids is 1.